The van der Waals surface area contributed by atoms with Crippen LogP contribution < -0.4 is 14.1 Å². The van der Waals surface area contributed by atoms with E-state index in [1.165, 1.54) is 22.0 Å². The minimum atomic E-state index is -4.61. The SMILES string of the molecule is CN1CCCC(N(c2cnn(C)c2)S(=O)(=O)[NH+]([O-])C(=O)Nc2c3c(cc4c2CCC4)CCC3)C1. The van der Waals surface area contributed by atoms with Gasteiger partial charge >= 0.3 is 16.2 Å². The van der Waals surface area contributed by atoms with E-state index in [0.29, 0.717) is 24.3 Å². The molecule has 184 valence electrons. The van der Waals surface area contributed by atoms with E-state index < -0.39 is 26.8 Å². The van der Waals surface area contributed by atoms with E-state index in [1.807, 2.05) is 11.9 Å². The number of hydroxylamine groups is 1. The maximum atomic E-state index is 13.6. The van der Waals surface area contributed by atoms with Crippen LogP contribution in [0.1, 0.15) is 47.9 Å². The molecule has 0 radical (unpaired) electrons. The molecular formula is C23H32N6O4S. The molecule has 3 aliphatic rings. The summed E-state index contributed by atoms with van der Waals surface area (Å²) in [7, 11) is -1.00. The number of likely N-dealkylation sites (tertiary alicyclic amines) is 1. The minimum absolute atomic E-state index is 0.297. The number of rotatable bonds is 5. The summed E-state index contributed by atoms with van der Waals surface area (Å²) in [5.74, 6) is 0. The number of hydrogen-bond acceptors (Lipinski definition) is 6. The van der Waals surface area contributed by atoms with E-state index in [1.54, 1.807) is 13.2 Å². The molecule has 11 heteroatoms. The van der Waals surface area contributed by atoms with Crippen LogP contribution in [0.3, 0.4) is 0 Å². The fourth-order valence-electron chi connectivity index (χ4n) is 5.74. The number of nitrogens with one attached hydrogen (secondary N) is 2. The van der Waals surface area contributed by atoms with Gasteiger partial charge < -0.3 is 10.1 Å². The quantitative estimate of drug-likeness (QED) is 0.611. The molecular weight excluding hydrogens is 456 g/mol. The molecule has 5 rings (SSSR count). The normalized spacial score (nSPS) is 21.2. The lowest BCUT2D eigenvalue weighted by Gasteiger charge is -2.38. The molecule has 0 bridgehead atoms. The second-order valence-corrected chi connectivity index (χ2v) is 11.4. The van der Waals surface area contributed by atoms with Crippen molar-refractivity contribution in [2.75, 3.05) is 29.8 Å². The molecule has 2 amide bonds. The van der Waals surface area contributed by atoms with Gasteiger partial charge in [-0.2, -0.15) is 18.0 Å². The molecule has 34 heavy (non-hydrogen) atoms. The summed E-state index contributed by atoms with van der Waals surface area (Å²) in [6.45, 7) is 1.33. The number of benzene rings is 1. The van der Waals surface area contributed by atoms with E-state index in [9.17, 15) is 18.4 Å². The number of likely N-dealkylation sites (N-methyl/N-ethyl adjacent to an activating group) is 1. The minimum Gasteiger partial charge on any atom is -0.608 e. The number of piperidine rings is 1. The van der Waals surface area contributed by atoms with Crippen molar-refractivity contribution < 1.29 is 17.7 Å². The number of fused-ring (bicyclic) bond motifs is 2. The standard InChI is InChI=1S/C23H32N6O4S/c1-26-11-5-8-18(14-26)28(19-13-24-27(2)15-19)34(32,33)29(31)23(30)25-22-20-9-3-6-16(20)12-17-7-4-10-21(17)22/h12-13,15,18,29H,3-11,14H2,1-2H3,(H,25,30). The number of anilines is 2. The summed E-state index contributed by atoms with van der Waals surface area (Å²) >= 11 is 0. The fourth-order valence-corrected chi connectivity index (χ4v) is 7.14. The summed E-state index contributed by atoms with van der Waals surface area (Å²) in [5.41, 5.74) is 5.48. The number of urea groups is 1. The number of quaternary nitrogens is 1. The van der Waals surface area contributed by atoms with Crippen LogP contribution >= 0.6 is 0 Å². The van der Waals surface area contributed by atoms with Gasteiger partial charge in [-0.05, 0) is 87.2 Å². The highest BCUT2D eigenvalue weighted by atomic mass is 32.2. The Labute approximate surface area is 200 Å². The van der Waals surface area contributed by atoms with Crippen molar-refractivity contribution in [3.63, 3.8) is 0 Å². The number of amides is 2. The zero-order valence-corrected chi connectivity index (χ0v) is 20.5. The highest BCUT2D eigenvalue weighted by Crippen LogP contribution is 2.38. The van der Waals surface area contributed by atoms with Crippen molar-refractivity contribution >= 4 is 27.6 Å². The van der Waals surface area contributed by atoms with Gasteiger partial charge in [-0.15, -0.1) is 0 Å². The van der Waals surface area contributed by atoms with Gasteiger partial charge in [0.2, 0.25) is 0 Å². The van der Waals surface area contributed by atoms with Gasteiger partial charge in [0, 0.05) is 19.8 Å². The Morgan fingerprint density at radius 2 is 1.82 bits per heavy atom. The third kappa shape index (κ3) is 4.10. The molecule has 2 heterocycles. The number of nitrogens with zero attached hydrogens (tertiary/aromatic N) is 4. The molecule has 0 spiro atoms. The molecule has 10 nitrogen and oxygen atoms in total. The highest BCUT2D eigenvalue weighted by molar-refractivity contribution is 7.86. The predicted octanol–water partition coefficient (Wildman–Crippen LogP) is 1.16. The first kappa shape index (κ1) is 23.3. The Morgan fingerprint density at radius 3 is 2.41 bits per heavy atom. The maximum absolute atomic E-state index is 13.6. The van der Waals surface area contributed by atoms with Crippen molar-refractivity contribution in [1.29, 1.82) is 0 Å². The first-order valence-corrected chi connectivity index (χ1v) is 13.4. The zero-order valence-electron chi connectivity index (χ0n) is 19.7. The van der Waals surface area contributed by atoms with E-state index in [4.69, 9.17) is 0 Å². The van der Waals surface area contributed by atoms with Crippen LogP contribution in [0.25, 0.3) is 0 Å². The van der Waals surface area contributed by atoms with E-state index >= 15 is 0 Å². The third-order valence-corrected chi connectivity index (χ3v) is 8.95. The number of hydrogen-bond donors (Lipinski definition) is 2. The van der Waals surface area contributed by atoms with Crippen molar-refractivity contribution in [2.24, 2.45) is 7.05 Å². The van der Waals surface area contributed by atoms with E-state index in [2.05, 4.69) is 16.5 Å². The van der Waals surface area contributed by atoms with Crippen LogP contribution in [0.15, 0.2) is 18.5 Å². The van der Waals surface area contributed by atoms with Gasteiger partial charge in [0.25, 0.3) is 0 Å². The Morgan fingerprint density at radius 1 is 1.15 bits per heavy atom. The molecule has 1 aromatic carbocycles. The first-order chi connectivity index (χ1) is 16.3. The zero-order chi connectivity index (χ0) is 24.0. The molecule has 1 saturated heterocycles. The van der Waals surface area contributed by atoms with E-state index in [-0.39, 0.29) is 0 Å². The van der Waals surface area contributed by atoms with Crippen LogP contribution in [0.2, 0.25) is 0 Å². The van der Waals surface area contributed by atoms with Gasteiger partial charge in [0.1, 0.15) is 0 Å². The molecule has 2 aliphatic carbocycles. The number of aromatic nitrogens is 2. The van der Waals surface area contributed by atoms with Gasteiger partial charge in [-0.1, -0.05) is 6.07 Å². The lowest BCUT2D eigenvalue weighted by Crippen LogP contribution is -3.14. The summed E-state index contributed by atoms with van der Waals surface area (Å²) in [4.78, 5) is 15.2. The van der Waals surface area contributed by atoms with Gasteiger partial charge in [0.15, 0.2) is 0 Å². The van der Waals surface area contributed by atoms with E-state index in [0.717, 1.165) is 66.9 Å². The smallest absolute Gasteiger partial charge is 0.436 e. The number of carbonyl (C=O) groups is 1. The third-order valence-electron chi connectivity index (χ3n) is 7.27. The lowest BCUT2D eigenvalue weighted by atomic mass is 9.99. The first-order valence-electron chi connectivity index (χ1n) is 12.0. The summed E-state index contributed by atoms with van der Waals surface area (Å²) in [6, 6.07) is 0.685. The molecule has 1 fully saturated rings. The van der Waals surface area contributed by atoms with Gasteiger partial charge in [-0.3, -0.25) is 10.00 Å². The van der Waals surface area contributed by atoms with Crippen LogP contribution in [-0.4, -0.2) is 55.3 Å². The average Bonchev–Trinajstić information content (AvgIpc) is 3.54. The second kappa shape index (κ2) is 8.95. The summed E-state index contributed by atoms with van der Waals surface area (Å²) < 4.78 is 28.4. The number of aryl methyl sites for hydroxylation is 3. The Kier molecular flexibility index (Phi) is 6.13. The van der Waals surface area contributed by atoms with Crippen LogP contribution in [0.5, 0.6) is 0 Å². The molecule has 2 aromatic rings. The molecule has 2 unspecified atom stereocenters. The van der Waals surface area contributed by atoms with Gasteiger partial charge in [-0.25, -0.2) is 9.10 Å². The Balaban J connectivity index is 1.46. The average molecular weight is 489 g/mol. The van der Waals surface area contributed by atoms with Crippen molar-refractivity contribution in [1.82, 2.24) is 14.7 Å². The Bertz CT molecular complexity index is 1180. The van der Waals surface area contributed by atoms with Crippen molar-refractivity contribution in [3.05, 3.63) is 45.9 Å². The van der Waals surface area contributed by atoms with Gasteiger partial charge in [0.05, 0.1) is 23.6 Å². The van der Waals surface area contributed by atoms with Crippen LogP contribution in [0.4, 0.5) is 16.2 Å². The van der Waals surface area contributed by atoms with Crippen molar-refractivity contribution in [2.45, 2.75) is 57.4 Å². The molecule has 1 aromatic heterocycles. The monoisotopic (exact) mass is 488 g/mol. The maximum Gasteiger partial charge on any atom is 0.436 e. The highest BCUT2D eigenvalue weighted by Gasteiger charge is 2.41. The van der Waals surface area contributed by atoms with Crippen LogP contribution in [0, 0.1) is 5.21 Å². The molecule has 1 aliphatic heterocycles. The van der Waals surface area contributed by atoms with Crippen molar-refractivity contribution in [3.8, 4) is 0 Å². The van der Waals surface area contributed by atoms with Crippen LogP contribution in [-0.2, 0) is 42.9 Å². The molecule has 0 saturated carbocycles. The molecule has 2 N–H and O–H groups in total. The topological polar surface area (TPSA) is 115 Å². The largest absolute Gasteiger partial charge is 0.608 e. The number of carbonyl (C=O) groups excluding carboxylic acids is 1. The fraction of sp³-hybridized carbons (Fsp3) is 0.565. The summed E-state index contributed by atoms with van der Waals surface area (Å²) in [6.07, 6.45) is 9.94. The summed E-state index contributed by atoms with van der Waals surface area (Å²) in [5, 5.41) is 20.1. The molecule has 2 atom stereocenters. The lowest BCUT2D eigenvalue weighted by molar-refractivity contribution is -0.604. The Hall–Kier alpha value is -2.47. The second-order valence-electron chi connectivity index (χ2n) is 9.71. The predicted molar refractivity (Wildman–Crippen MR) is 129 cm³/mol.